The number of nitrogens with one attached hydrogen (secondary N) is 1. The Kier molecular flexibility index (Phi) is 5.87. The molecule has 1 amide bonds. The van der Waals surface area contributed by atoms with Crippen LogP contribution in [0, 0.1) is 0 Å². The molecule has 1 aliphatic rings. The van der Waals surface area contributed by atoms with Crippen molar-refractivity contribution >= 4 is 54.2 Å². The molecule has 0 atom stereocenters. The fourth-order valence-corrected chi connectivity index (χ4v) is 5.98. The topological polar surface area (TPSA) is 79.4 Å². The number of carbonyl (C=O) groups is 1. The molecule has 2 heterocycles. The third kappa shape index (κ3) is 4.45. The molecule has 0 spiro atoms. The third-order valence-electron chi connectivity index (χ3n) is 4.89. The molecule has 1 N–H and O–H groups in total. The lowest BCUT2D eigenvalue weighted by molar-refractivity contribution is 0.102. The molecule has 3 aromatic rings. The summed E-state index contributed by atoms with van der Waals surface area (Å²) in [6.45, 7) is 1.10. The van der Waals surface area contributed by atoms with E-state index in [2.05, 4.69) is 10.3 Å². The maximum atomic E-state index is 12.8. The number of thiazole rings is 1. The molecule has 0 radical (unpaired) electrons. The zero-order valence-corrected chi connectivity index (χ0v) is 18.0. The summed E-state index contributed by atoms with van der Waals surface area (Å²) in [7, 11) is -3.53. The van der Waals surface area contributed by atoms with Crippen molar-refractivity contribution in [2.24, 2.45) is 0 Å². The first-order chi connectivity index (χ1) is 13.9. The maximum Gasteiger partial charge on any atom is 0.257 e. The zero-order valence-electron chi connectivity index (χ0n) is 15.6. The summed E-state index contributed by atoms with van der Waals surface area (Å²) in [4.78, 5) is 17.1. The van der Waals surface area contributed by atoms with Crippen molar-refractivity contribution in [3.05, 3.63) is 53.1 Å². The van der Waals surface area contributed by atoms with Crippen LogP contribution < -0.4 is 5.32 Å². The normalized spacial score (nSPS) is 15.9. The Morgan fingerprint density at radius 3 is 2.41 bits per heavy atom. The Morgan fingerprint density at radius 1 is 1.03 bits per heavy atom. The van der Waals surface area contributed by atoms with Crippen LogP contribution >= 0.6 is 22.9 Å². The molecule has 152 valence electrons. The van der Waals surface area contributed by atoms with Crippen LogP contribution in [0.2, 0.25) is 5.02 Å². The summed E-state index contributed by atoms with van der Waals surface area (Å²) in [6, 6.07) is 11.4. The van der Waals surface area contributed by atoms with E-state index in [9.17, 15) is 13.2 Å². The van der Waals surface area contributed by atoms with E-state index in [4.69, 9.17) is 11.6 Å². The Bertz CT molecular complexity index is 1140. The number of nitrogens with zero attached hydrogens (tertiary/aromatic N) is 2. The summed E-state index contributed by atoms with van der Waals surface area (Å²) in [5.41, 5.74) is 1.13. The smallest absolute Gasteiger partial charge is 0.257 e. The SMILES string of the molecule is O=C(Nc1nc2ccc(Cl)cc2s1)c1ccc(S(=O)(=O)N2CCCCCC2)cc1. The number of carbonyl (C=O) groups excluding carboxylic acids is 1. The molecule has 1 fully saturated rings. The van der Waals surface area contributed by atoms with Gasteiger partial charge in [0.05, 0.1) is 15.1 Å². The van der Waals surface area contributed by atoms with Crippen molar-refractivity contribution in [3.8, 4) is 0 Å². The molecule has 0 unspecified atom stereocenters. The van der Waals surface area contributed by atoms with Gasteiger partial charge in [-0.15, -0.1) is 0 Å². The maximum absolute atomic E-state index is 12.8. The zero-order chi connectivity index (χ0) is 20.4. The van der Waals surface area contributed by atoms with Crippen LogP contribution in [0.5, 0.6) is 0 Å². The lowest BCUT2D eigenvalue weighted by atomic mass is 10.2. The van der Waals surface area contributed by atoms with Crippen LogP contribution in [0.4, 0.5) is 5.13 Å². The van der Waals surface area contributed by atoms with E-state index in [1.165, 1.54) is 35.6 Å². The Balaban J connectivity index is 1.49. The Morgan fingerprint density at radius 2 is 1.72 bits per heavy atom. The number of aromatic nitrogens is 1. The van der Waals surface area contributed by atoms with Crippen molar-refractivity contribution < 1.29 is 13.2 Å². The molecule has 0 aliphatic carbocycles. The van der Waals surface area contributed by atoms with Crippen LogP contribution in [-0.2, 0) is 10.0 Å². The second-order valence-electron chi connectivity index (χ2n) is 6.93. The van der Waals surface area contributed by atoms with Crippen LogP contribution in [0.3, 0.4) is 0 Å². The molecule has 29 heavy (non-hydrogen) atoms. The van der Waals surface area contributed by atoms with Gasteiger partial charge in [-0.25, -0.2) is 13.4 Å². The van der Waals surface area contributed by atoms with Gasteiger partial charge in [-0.3, -0.25) is 10.1 Å². The van der Waals surface area contributed by atoms with E-state index in [1.807, 2.05) is 0 Å². The van der Waals surface area contributed by atoms with Gasteiger partial charge in [-0.2, -0.15) is 4.31 Å². The summed E-state index contributed by atoms with van der Waals surface area (Å²) in [6.07, 6.45) is 3.88. The quantitative estimate of drug-likeness (QED) is 0.622. The largest absolute Gasteiger partial charge is 0.298 e. The van der Waals surface area contributed by atoms with Gasteiger partial charge >= 0.3 is 0 Å². The highest BCUT2D eigenvalue weighted by molar-refractivity contribution is 7.89. The fourth-order valence-electron chi connectivity index (χ4n) is 3.33. The average molecular weight is 450 g/mol. The van der Waals surface area contributed by atoms with Crippen molar-refractivity contribution in [2.75, 3.05) is 18.4 Å². The highest BCUT2D eigenvalue weighted by atomic mass is 35.5. The van der Waals surface area contributed by atoms with E-state index >= 15 is 0 Å². The van der Waals surface area contributed by atoms with Crippen molar-refractivity contribution in [1.29, 1.82) is 0 Å². The number of halogens is 1. The minimum absolute atomic E-state index is 0.213. The van der Waals surface area contributed by atoms with E-state index in [1.54, 1.807) is 22.5 Å². The first-order valence-electron chi connectivity index (χ1n) is 9.41. The molecule has 9 heteroatoms. The predicted octanol–water partition coefficient (Wildman–Crippen LogP) is 4.77. The molecule has 4 rings (SSSR count). The number of anilines is 1. The molecular weight excluding hydrogens is 430 g/mol. The number of benzene rings is 2. The van der Waals surface area contributed by atoms with Gasteiger partial charge in [0.15, 0.2) is 5.13 Å². The van der Waals surface area contributed by atoms with Gasteiger partial charge in [0.25, 0.3) is 5.91 Å². The Hall–Kier alpha value is -2.00. The van der Waals surface area contributed by atoms with E-state index < -0.39 is 10.0 Å². The number of rotatable bonds is 4. The first-order valence-corrected chi connectivity index (χ1v) is 12.0. The molecular formula is C20H20ClN3O3S2. The number of fused-ring (bicyclic) bond motifs is 1. The summed E-state index contributed by atoms with van der Waals surface area (Å²) < 4.78 is 28.1. The molecule has 0 saturated carbocycles. The summed E-state index contributed by atoms with van der Waals surface area (Å²) in [5, 5.41) is 3.84. The molecule has 1 saturated heterocycles. The lowest BCUT2D eigenvalue weighted by Crippen LogP contribution is -2.31. The molecule has 1 aliphatic heterocycles. The predicted molar refractivity (Wildman–Crippen MR) is 116 cm³/mol. The van der Waals surface area contributed by atoms with E-state index in [0.717, 1.165) is 35.9 Å². The summed E-state index contributed by atoms with van der Waals surface area (Å²) in [5.74, 6) is -0.339. The Labute approximate surface area is 178 Å². The van der Waals surface area contributed by atoms with E-state index in [-0.39, 0.29) is 10.8 Å². The first kappa shape index (κ1) is 20.3. The second-order valence-corrected chi connectivity index (χ2v) is 10.3. The van der Waals surface area contributed by atoms with Gasteiger partial charge in [-0.1, -0.05) is 35.8 Å². The van der Waals surface area contributed by atoms with Crippen LogP contribution in [0.15, 0.2) is 47.4 Å². The second kappa shape index (κ2) is 8.39. The van der Waals surface area contributed by atoms with Crippen molar-refractivity contribution in [3.63, 3.8) is 0 Å². The number of sulfonamides is 1. The van der Waals surface area contributed by atoms with Crippen LogP contribution in [0.25, 0.3) is 10.2 Å². The number of hydrogen-bond donors (Lipinski definition) is 1. The standard InChI is InChI=1S/C20H20ClN3O3S2/c21-15-7-10-17-18(13-15)28-20(22-17)23-19(25)14-5-8-16(9-6-14)29(26,27)24-11-3-1-2-4-12-24/h5-10,13H,1-4,11-12H2,(H,22,23,25). The monoisotopic (exact) mass is 449 g/mol. The molecule has 1 aromatic heterocycles. The number of amides is 1. The van der Waals surface area contributed by atoms with Gasteiger partial charge in [0, 0.05) is 23.7 Å². The van der Waals surface area contributed by atoms with Gasteiger partial charge in [0.1, 0.15) is 0 Å². The highest BCUT2D eigenvalue weighted by Crippen LogP contribution is 2.28. The minimum atomic E-state index is -3.53. The van der Waals surface area contributed by atoms with Crippen LogP contribution in [-0.4, -0.2) is 36.7 Å². The van der Waals surface area contributed by atoms with Gasteiger partial charge < -0.3 is 0 Å². The van der Waals surface area contributed by atoms with Gasteiger partial charge in [0.2, 0.25) is 10.0 Å². The highest BCUT2D eigenvalue weighted by Gasteiger charge is 2.25. The molecule has 0 bridgehead atoms. The van der Waals surface area contributed by atoms with Gasteiger partial charge in [-0.05, 0) is 55.3 Å². The van der Waals surface area contributed by atoms with Crippen LogP contribution in [0.1, 0.15) is 36.0 Å². The number of hydrogen-bond acceptors (Lipinski definition) is 5. The average Bonchev–Trinajstić information content (AvgIpc) is 2.91. The third-order valence-corrected chi connectivity index (χ3v) is 7.97. The molecule has 2 aromatic carbocycles. The summed E-state index contributed by atoms with van der Waals surface area (Å²) >= 11 is 7.32. The fraction of sp³-hybridized carbons (Fsp3) is 0.300. The van der Waals surface area contributed by atoms with Crippen molar-refractivity contribution in [2.45, 2.75) is 30.6 Å². The molecule has 6 nitrogen and oxygen atoms in total. The lowest BCUT2D eigenvalue weighted by Gasteiger charge is -2.20. The van der Waals surface area contributed by atoms with E-state index in [0.29, 0.717) is 28.8 Å². The minimum Gasteiger partial charge on any atom is -0.298 e. The van der Waals surface area contributed by atoms with Crippen molar-refractivity contribution in [1.82, 2.24) is 9.29 Å².